The third kappa shape index (κ3) is 5.84. The second kappa shape index (κ2) is 12.0. The molecule has 0 bridgehead atoms. The second-order valence-electron chi connectivity index (χ2n) is 10.5. The summed E-state index contributed by atoms with van der Waals surface area (Å²) in [6.45, 7) is 0. The molecule has 4 aromatic rings. The number of ether oxygens (including phenoxy) is 3. The molecule has 0 spiro atoms. The first-order valence-corrected chi connectivity index (χ1v) is 14.4. The lowest BCUT2D eigenvalue weighted by molar-refractivity contribution is -0.121. The molecular weight excluding hydrogens is 618 g/mol. The van der Waals surface area contributed by atoms with Crippen LogP contribution in [-0.2, 0) is 28.8 Å². The fourth-order valence-corrected chi connectivity index (χ4v) is 5.15. The molecule has 3 aliphatic heterocycles. The van der Waals surface area contributed by atoms with E-state index in [1.54, 1.807) is 72.8 Å². The van der Waals surface area contributed by atoms with E-state index in [4.69, 9.17) is 14.2 Å². The van der Waals surface area contributed by atoms with Crippen molar-refractivity contribution in [1.82, 2.24) is 0 Å². The largest absolute Gasteiger partial charge is 0.457 e. The van der Waals surface area contributed by atoms with Crippen LogP contribution in [0.5, 0.6) is 34.5 Å². The monoisotopic (exact) mass is 639 g/mol. The van der Waals surface area contributed by atoms with E-state index in [9.17, 15) is 28.8 Å². The van der Waals surface area contributed by atoms with Gasteiger partial charge < -0.3 is 14.2 Å². The number of rotatable bonds is 9. The number of carbonyl (C=O) groups is 6. The molecule has 12 heteroatoms. The van der Waals surface area contributed by atoms with Gasteiger partial charge in [0, 0.05) is 72.9 Å². The van der Waals surface area contributed by atoms with Crippen LogP contribution in [0.3, 0.4) is 0 Å². The number of hydrogen-bond acceptors (Lipinski definition) is 9. The van der Waals surface area contributed by atoms with Gasteiger partial charge >= 0.3 is 0 Å². The van der Waals surface area contributed by atoms with Crippen molar-refractivity contribution in [3.8, 4) is 34.5 Å². The normalized spacial score (nSPS) is 15.4. The molecule has 3 aliphatic rings. The second-order valence-corrected chi connectivity index (χ2v) is 10.5. The Morgan fingerprint density at radius 2 is 0.562 bits per heavy atom. The first kappa shape index (κ1) is 29.6. The fourth-order valence-electron chi connectivity index (χ4n) is 5.15. The molecule has 234 valence electrons. The highest BCUT2D eigenvalue weighted by Gasteiger charge is 2.27. The summed E-state index contributed by atoms with van der Waals surface area (Å²) >= 11 is 0. The van der Waals surface area contributed by atoms with Crippen LogP contribution >= 0.6 is 0 Å². The first-order chi connectivity index (χ1) is 23.2. The van der Waals surface area contributed by atoms with Crippen LogP contribution in [0, 0.1) is 0 Å². The Labute approximate surface area is 271 Å². The third-order valence-electron chi connectivity index (χ3n) is 7.22. The lowest BCUT2D eigenvalue weighted by atomic mass is 10.2. The molecule has 6 amide bonds. The predicted octanol–water partition coefficient (Wildman–Crippen LogP) is 5.35. The van der Waals surface area contributed by atoms with Gasteiger partial charge in [-0.15, -0.1) is 0 Å². The molecular formula is C36H21N3O9. The maximum Gasteiger partial charge on any atom is 0.258 e. The minimum absolute atomic E-state index is 0.243. The molecule has 0 unspecified atom stereocenters. The first-order valence-electron chi connectivity index (χ1n) is 14.4. The Hall–Kier alpha value is -7.08. The van der Waals surface area contributed by atoms with Crippen molar-refractivity contribution in [2.45, 2.75) is 0 Å². The standard InChI is InChI=1S/C36H21N3O9/c40-31-10-11-32(41)37(31)22-4-1-7-25(16-22)46-28-19-29(47-26-8-2-5-23(17-26)38-33(42)12-13-34(38)43)21-30(20-28)48-27-9-3-6-24(18-27)39-35(44)14-15-36(39)45/h1-21H. The van der Waals surface area contributed by atoms with Gasteiger partial charge in [-0.05, 0) is 36.4 Å². The molecule has 3 heterocycles. The molecule has 0 atom stereocenters. The van der Waals surface area contributed by atoms with Gasteiger partial charge in [-0.3, -0.25) is 28.8 Å². The van der Waals surface area contributed by atoms with Gasteiger partial charge in [0.15, 0.2) is 0 Å². The molecule has 7 rings (SSSR count). The van der Waals surface area contributed by atoms with Crippen molar-refractivity contribution in [3.63, 3.8) is 0 Å². The summed E-state index contributed by atoms with van der Waals surface area (Å²) in [7, 11) is 0. The van der Waals surface area contributed by atoms with Crippen LogP contribution in [0.2, 0.25) is 0 Å². The fraction of sp³-hybridized carbons (Fsp3) is 0. The minimum atomic E-state index is -0.478. The van der Waals surface area contributed by atoms with Gasteiger partial charge in [0.2, 0.25) is 0 Å². The Morgan fingerprint density at radius 1 is 0.312 bits per heavy atom. The maximum absolute atomic E-state index is 12.2. The highest BCUT2D eigenvalue weighted by Crippen LogP contribution is 2.38. The molecule has 0 aliphatic carbocycles. The van der Waals surface area contributed by atoms with Crippen molar-refractivity contribution in [2.75, 3.05) is 14.7 Å². The lowest BCUT2D eigenvalue weighted by Crippen LogP contribution is -2.29. The van der Waals surface area contributed by atoms with Gasteiger partial charge in [0.05, 0.1) is 17.1 Å². The van der Waals surface area contributed by atoms with Gasteiger partial charge in [-0.2, -0.15) is 0 Å². The summed E-state index contributed by atoms with van der Waals surface area (Å²) in [6, 6.07) is 23.9. The number of imide groups is 3. The summed E-state index contributed by atoms with van der Waals surface area (Å²) in [5.74, 6) is -1.25. The Kier molecular flexibility index (Phi) is 7.42. The molecule has 0 saturated heterocycles. The van der Waals surface area contributed by atoms with Gasteiger partial charge in [-0.25, -0.2) is 14.7 Å². The van der Waals surface area contributed by atoms with Crippen molar-refractivity contribution in [3.05, 3.63) is 127 Å². The van der Waals surface area contributed by atoms with E-state index >= 15 is 0 Å². The Morgan fingerprint density at radius 3 is 0.812 bits per heavy atom. The van der Waals surface area contributed by atoms with E-state index in [2.05, 4.69) is 0 Å². The summed E-state index contributed by atoms with van der Waals surface area (Å²) in [5.41, 5.74) is 0.933. The minimum Gasteiger partial charge on any atom is -0.457 e. The SMILES string of the molecule is O=C1C=CC(=O)N1c1cccc(Oc2cc(Oc3cccc(N4C(=O)C=CC4=O)c3)cc(Oc3cccc(N4C(=O)C=CC4=O)c3)c2)c1. The van der Waals surface area contributed by atoms with Crippen molar-refractivity contribution >= 4 is 52.5 Å². The zero-order valence-electron chi connectivity index (χ0n) is 24.6. The summed E-state index contributed by atoms with van der Waals surface area (Å²) in [6.07, 6.45) is 7.10. The molecule has 0 saturated carbocycles. The zero-order chi connectivity index (χ0) is 33.4. The molecule has 12 nitrogen and oxygen atoms in total. The van der Waals surface area contributed by atoms with Crippen LogP contribution in [-0.4, -0.2) is 35.4 Å². The van der Waals surface area contributed by atoms with E-state index in [1.165, 1.54) is 54.7 Å². The summed E-state index contributed by atoms with van der Waals surface area (Å²) < 4.78 is 18.4. The average molecular weight is 640 g/mol. The van der Waals surface area contributed by atoms with Crippen LogP contribution in [0.4, 0.5) is 17.1 Å². The number of carbonyl (C=O) groups excluding carboxylic acids is 6. The van der Waals surface area contributed by atoms with E-state index in [0.717, 1.165) is 14.7 Å². The zero-order valence-corrected chi connectivity index (χ0v) is 24.6. The van der Waals surface area contributed by atoms with E-state index in [0.29, 0.717) is 34.3 Å². The molecule has 0 N–H and O–H groups in total. The number of amides is 6. The van der Waals surface area contributed by atoms with Gasteiger partial charge in [0.1, 0.15) is 34.5 Å². The number of hydrogen-bond donors (Lipinski definition) is 0. The molecule has 0 aromatic heterocycles. The predicted molar refractivity (Wildman–Crippen MR) is 171 cm³/mol. The van der Waals surface area contributed by atoms with E-state index in [-0.39, 0.29) is 17.2 Å². The van der Waals surface area contributed by atoms with Crippen LogP contribution in [0.25, 0.3) is 0 Å². The number of nitrogens with zero attached hydrogens (tertiary/aromatic N) is 3. The van der Waals surface area contributed by atoms with Crippen molar-refractivity contribution < 1.29 is 43.0 Å². The topological polar surface area (TPSA) is 140 Å². The Bertz CT molecular complexity index is 1860. The maximum atomic E-state index is 12.2. The Balaban J connectivity index is 1.21. The lowest BCUT2D eigenvalue weighted by Gasteiger charge is -2.17. The van der Waals surface area contributed by atoms with Crippen molar-refractivity contribution in [1.29, 1.82) is 0 Å². The van der Waals surface area contributed by atoms with Gasteiger partial charge in [0.25, 0.3) is 35.4 Å². The summed E-state index contributed by atoms with van der Waals surface area (Å²) in [5, 5.41) is 0. The van der Waals surface area contributed by atoms with E-state index in [1.807, 2.05) is 0 Å². The quantitative estimate of drug-likeness (QED) is 0.222. The van der Waals surface area contributed by atoms with Gasteiger partial charge in [-0.1, -0.05) is 18.2 Å². The average Bonchev–Trinajstić information content (AvgIpc) is 3.71. The van der Waals surface area contributed by atoms with Crippen LogP contribution in [0.15, 0.2) is 127 Å². The summed E-state index contributed by atoms with van der Waals surface area (Å²) in [4.78, 5) is 76.5. The van der Waals surface area contributed by atoms with Crippen molar-refractivity contribution in [2.24, 2.45) is 0 Å². The highest BCUT2D eigenvalue weighted by molar-refractivity contribution is 6.29. The molecule has 48 heavy (non-hydrogen) atoms. The molecule has 4 aromatic carbocycles. The highest BCUT2D eigenvalue weighted by atomic mass is 16.5. The van der Waals surface area contributed by atoms with Crippen LogP contribution < -0.4 is 28.9 Å². The van der Waals surface area contributed by atoms with E-state index < -0.39 is 35.4 Å². The number of anilines is 3. The third-order valence-corrected chi connectivity index (χ3v) is 7.22. The van der Waals surface area contributed by atoms with Crippen LogP contribution in [0.1, 0.15) is 0 Å². The number of benzene rings is 4. The molecule has 0 fully saturated rings. The smallest absolute Gasteiger partial charge is 0.258 e. The molecule has 0 radical (unpaired) electrons.